The highest BCUT2D eigenvalue weighted by molar-refractivity contribution is 7.80. The van der Waals surface area contributed by atoms with Crippen molar-refractivity contribution >= 4 is 24.6 Å². The number of carbonyl (C=O) groups is 2. The minimum Gasteiger partial charge on any atom is -0.508 e. The van der Waals surface area contributed by atoms with Crippen LogP contribution in [0.4, 0.5) is 0 Å². The fraction of sp³-hybridized carbons (Fsp3) is 0.130. The van der Waals surface area contributed by atoms with Gasteiger partial charge in [-0.25, -0.2) is 9.59 Å². The molecule has 2 aliphatic heterocycles. The molecule has 1 spiro atoms. The second kappa shape index (κ2) is 7.18. The largest absolute Gasteiger partial charge is 0.508 e. The lowest BCUT2D eigenvalue weighted by Crippen LogP contribution is -2.36. The zero-order chi connectivity index (χ0) is 22.6. The molecule has 32 heavy (non-hydrogen) atoms. The van der Waals surface area contributed by atoms with Crippen LogP contribution in [0, 0.1) is 0 Å². The van der Waals surface area contributed by atoms with Gasteiger partial charge in [-0.15, -0.1) is 0 Å². The van der Waals surface area contributed by atoms with Crippen LogP contribution >= 0.6 is 12.6 Å². The lowest BCUT2D eigenvalue weighted by Gasteiger charge is -2.36. The fourth-order valence-corrected chi connectivity index (χ4v) is 4.21. The Morgan fingerprint density at radius 3 is 2.25 bits per heavy atom. The number of rotatable bonds is 3. The van der Waals surface area contributed by atoms with Gasteiger partial charge in [0, 0.05) is 34.6 Å². The number of ether oxygens (including phenoxy) is 3. The highest BCUT2D eigenvalue weighted by Gasteiger charge is 2.54. The molecule has 2 heterocycles. The van der Waals surface area contributed by atoms with E-state index in [1.54, 1.807) is 24.3 Å². The molecule has 162 valence electrons. The average molecular weight is 451 g/mol. The van der Waals surface area contributed by atoms with E-state index in [2.05, 4.69) is 12.6 Å². The Hall–Kier alpha value is -3.69. The van der Waals surface area contributed by atoms with Gasteiger partial charge in [0.25, 0.3) is 0 Å². The molecule has 1 atom stereocenters. The molecule has 0 unspecified atom stereocenters. The van der Waals surface area contributed by atoms with Crippen molar-refractivity contribution in [3.8, 4) is 28.7 Å². The lowest BCUT2D eigenvalue weighted by atomic mass is 9.77. The third kappa shape index (κ3) is 2.82. The van der Waals surface area contributed by atoms with E-state index in [9.17, 15) is 19.8 Å². The van der Waals surface area contributed by atoms with Crippen LogP contribution in [0.25, 0.3) is 0 Å². The van der Waals surface area contributed by atoms with Gasteiger partial charge in [-0.2, -0.15) is 12.6 Å². The second-order valence-corrected chi connectivity index (χ2v) is 7.79. The van der Waals surface area contributed by atoms with E-state index < -0.39 is 23.6 Å². The van der Waals surface area contributed by atoms with E-state index >= 15 is 0 Å². The van der Waals surface area contributed by atoms with Crippen LogP contribution in [0.5, 0.6) is 28.7 Å². The minimum absolute atomic E-state index is 0.0127. The van der Waals surface area contributed by atoms with Crippen LogP contribution in [-0.4, -0.2) is 33.9 Å². The Kier molecular flexibility index (Phi) is 4.54. The van der Waals surface area contributed by atoms with Crippen molar-refractivity contribution in [2.75, 3.05) is 5.75 Å². The van der Waals surface area contributed by atoms with Gasteiger partial charge in [-0.3, -0.25) is 0 Å². The number of phenols is 2. The molecule has 8 nitrogen and oxygen atoms in total. The summed E-state index contributed by atoms with van der Waals surface area (Å²) in [7, 11) is 0. The maximum Gasteiger partial charge on any atom is 0.344 e. The fourth-order valence-electron chi connectivity index (χ4n) is 4.06. The molecule has 5 rings (SSSR count). The number of aromatic hydroxyl groups is 2. The number of benzene rings is 3. The number of thiol groups is 1. The molecule has 0 amide bonds. The first-order valence-corrected chi connectivity index (χ1v) is 10.3. The van der Waals surface area contributed by atoms with E-state index in [0.717, 1.165) is 0 Å². The topological polar surface area (TPSA) is 128 Å². The number of phenolic OH excluding ortho intramolecular Hbond substituents is 2. The smallest absolute Gasteiger partial charge is 0.344 e. The zero-order valence-corrected chi connectivity index (χ0v) is 17.3. The van der Waals surface area contributed by atoms with Crippen molar-refractivity contribution in [3.05, 3.63) is 76.9 Å². The normalized spacial score (nSPS) is 15.8. The summed E-state index contributed by atoms with van der Waals surface area (Å²) in [6, 6.07) is 12.7. The van der Waals surface area contributed by atoms with Crippen molar-refractivity contribution in [2.24, 2.45) is 5.73 Å². The average Bonchev–Trinajstić information content (AvgIpc) is 3.06. The van der Waals surface area contributed by atoms with Crippen molar-refractivity contribution < 1.29 is 34.0 Å². The highest BCUT2D eigenvalue weighted by atomic mass is 32.1. The van der Waals surface area contributed by atoms with Gasteiger partial charge in [0.2, 0.25) is 0 Å². The third-order valence-electron chi connectivity index (χ3n) is 5.47. The van der Waals surface area contributed by atoms with Gasteiger partial charge in [-0.1, -0.05) is 12.1 Å². The Morgan fingerprint density at radius 1 is 1.03 bits per heavy atom. The lowest BCUT2D eigenvalue weighted by molar-refractivity contribution is -0.135. The number of esters is 2. The molecule has 0 aliphatic carbocycles. The number of fused-ring (bicyclic) bond motifs is 6. The van der Waals surface area contributed by atoms with Gasteiger partial charge in [-0.05, 0) is 30.3 Å². The Morgan fingerprint density at radius 2 is 1.66 bits per heavy atom. The summed E-state index contributed by atoms with van der Waals surface area (Å²) in [5.41, 5.74) is 5.70. The zero-order valence-electron chi connectivity index (χ0n) is 16.4. The second-order valence-electron chi connectivity index (χ2n) is 7.42. The van der Waals surface area contributed by atoms with Crippen LogP contribution in [0.1, 0.15) is 27.0 Å². The molecule has 3 aromatic carbocycles. The van der Waals surface area contributed by atoms with E-state index in [4.69, 9.17) is 19.9 Å². The monoisotopic (exact) mass is 451 g/mol. The summed E-state index contributed by atoms with van der Waals surface area (Å²) in [4.78, 5) is 25.4. The SMILES string of the molecule is N[C@@H](CS)C(=O)Oc1cccc2c1C(=O)OC21c2ccc(O)cc2Oc2cc(O)ccc21. The van der Waals surface area contributed by atoms with Crippen molar-refractivity contribution in [1.29, 1.82) is 0 Å². The Labute approximate surface area is 187 Å². The summed E-state index contributed by atoms with van der Waals surface area (Å²) in [6.45, 7) is 0. The molecule has 0 aromatic heterocycles. The molecular weight excluding hydrogens is 434 g/mol. The molecule has 0 saturated heterocycles. The number of hydrogen-bond acceptors (Lipinski definition) is 9. The van der Waals surface area contributed by atoms with E-state index in [1.165, 1.54) is 30.3 Å². The molecular formula is C23H17NO7S. The third-order valence-corrected chi connectivity index (χ3v) is 5.87. The summed E-state index contributed by atoms with van der Waals surface area (Å²) >= 11 is 4.01. The van der Waals surface area contributed by atoms with Crippen LogP contribution in [-0.2, 0) is 15.1 Å². The molecule has 0 bridgehead atoms. The van der Waals surface area contributed by atoms with Crippen LogP contribution in [0.15, 0.2) is 54.6 Å². The minimum atomic E-state index is -1.44. The van der Waals surface area contributed by atoms with Gasteiger partial charge in [0.1, 0.15) is 40.4 Å². The van der Waals surface area contributed by atoms with Crippen molar-refractivity contribution in [1.82, 2.24) is 0 Å². The number of carbonyl (C=O) groups excluding carboxylic acids is 2. The first-order chi connectivity index (χ1) is 15.3. The van der Waals surface area contributed by atoms with E-state index in [1.807, 2.05) is 0 Å². The van der Waals surface area contributed by atoms with Crippen LogP contribution < -0.4 is 15.2 Å². The maximum absolute atomic E-state index is 13.1. The first-order valence-electron chi connectivity index (χ1n) is 9.65. The molecule has 4 N–H and O–H groups in total. The van der Waals surface area contributed by atoms with Crippen LogP contribution in [0.3, 0.4) is 0 Å². The highest BCUT2D eigenvalue weighted by Crippen LogP contribution is 2.57. The van der Waals surface area contributed by atoms with Gasteiger partial charge in [0.15, 0.2) is 5.60 Å². The van der Waals surface area contributed by atoms with Crippen molar-refractivity contribution in [2.45, 2.75) is 11.6 Å². The molecule has 0 fully saturated rings. The Balaban J connectivity index is 1.76. The van der Waals surface area contributed by atoms with E-state index in [0.29, 0.717) is 16.7 Å². The molecule has 0 saturated carbocycles. The number of hydrogen-bond donors (Lipinski definition) is 4. The van der Waals surface area contributed by atoms with Gasteiger partial charge >= 0.3 is 11.9 Å². The molecule has 3 aromatic rings. The maximum atomic E-state index is 13.1. The predicted molar refractivity (Wildman–Crippen MR) is 115 cm³/mol. The van der Waals surface area contributed by atoms with Crippen LogP contribution in [0.2, 0.25) is 0 Å². The van der Waals surface area contributed by atoms with Crippen molar-refractivity contribution in [3.63, 3.8) is 0 Å². The van der Waals surface area contributed by atoms with Gasteiger partial charge in [0.05, 0.1) is 0 Å². The molecule has 0 radical (unpaired) electrons. The predicted octanol–water partition coefficient (Wildman–Crippen LogP) is 2.83. The summed E-state index contributed by atoms with van der Waals surface area (Å²) in [6.07, 6.45) is 0. The number of nitrogens with two attached hydrogens (primary N) is 1. The van der Waals surface area contributed by atoms with Gasteiger partial charge < -0.3 is 30.2 Å². The summed E-state index contributed by atoms with van der Waals surface area (Å²) in [5.74, 6) is -0.934. The first kappa shape index (κ1) is 20.2. The molecule has 2 aliphatic rings. The standard InChI is InChI=1S/C23H17NO7S/c24-16(10-32)21(27)30-17-3-1-2-15-20(17)22(28)31-23(15)13-6-4-11(25)8-18(13)29-19-9-12(26)5-7-14(19)23/h1-9,16,25-26,32H,10,24H2/t16-/m0/s1. The Bertz CT molecular complexity index is 1240. The van der Waals surface area contributed by atoms with E-state index in [-0.39, 0.29) is 40.1 Å². The summed E-state index contributed by atoms with van der Waals surface area (Å²) < 4.78 is 17.3. The quantitative estimate of drug-likeness (QED) is 0.272. The molecule has 9 heteroatoms. The summed E-state index contributed by atoms with van der Waals surface area (Å²) in [5, 5.41) is 20.0.